The molecule has 1 aliphatic rings. The summed E-state index contributed by atoms with van der Waals surface area (Å²) in [7, 11) is 0. The van der Waals surface area contributed by atoms with E-state index in [-0.39, 0.29) is 34.9 Å². The highest BCUT2D eigenvalue weighted by Gasteiger charge is 2.36. The number of urea groups is 1. The molecule has 4 rings (SSSR count). The molecule has 0 saturated carbocycles. The van der Waals surface area contributed by atoms with Gasteiger partial charge in [-0.25, -0.2) is 4.79 Å². The third-order valence-electron chi connectivity index (χ3n) is 4.36. The van der Waals surface area contributed by atoms with Gasteiger partial charge in [0, 0.05) is 6.07 Å². The molecule has 3 heterocycles. The maximum Gasteiger partial charge on any atom is 0.331 e. The van der Waals surface area contributed by atoms with Crippen molar-refractivity contribution in [2.45, 2.75) is 6.54 Å². The fraction of sp³-hybridized carbons (Fsp3) is 0.0500. The van der Waals surface area contributed by atoms with Crippen LogP contribution in [0.4, 0.5) is 10.5 Å². The van der Waals surface area contributed by atoms with Gasteiger partial charge in [0.2, 0.25) is 0 Å². The van der Waals surface area contributed by atoms with Gasteiger partial charge in [-0.15, -0.1) is 0 Å². The average Bonchev–Trinajstić information content (AvgIpc) is 3.40. The minimum Gasteiger partial charge on any atom is -0.467 e. The Morgan fingerprint density at radius 2 is 1.87 bits per heavy atom. The Bertz CT molecular complexity index is 1190. The van der Waals surface area contributed by atoms with E-state index in [1.54, 1.807) is 18.2 Å². The molecular formula is C20H13N3O7. The highest BCUT2D eigenvalue weighted by atomic mass is 16.6. The zero-order valence-corrected chi connectivity index (χ0v) is 15.2. The van der Waals surface area contributed by atoms with Gasteiger partial charge >= 0.3 is 6.03 Å². The second-order valence-corrected chi connectivity index (χ2v) is 6.26. The van der Waals surface area contributed by atoms with Gasteiger partial charge in [-0.1, -0.05) is 12.1 Å². The van der Waals surface area contributed by atoms with E-state index in [0.29, 0.717) is 5.76 Å². The number of rotatable bonds is 5. The van der Waals surface area contributed by atoms with Gasteiger partial charge in [0.25, 0.3) is 17.5 Å². The molecule has 1 saturated heterocycles. The molecule has 1 N–H and O–H groups in total. The van der Waals surface area contributed by atoms with Crippen LogP contribution in [0.25, 0.3) is 17.4 Å². The second-order valence-electron chi connectivity index (χ2n) is 6.26. The number of hydrogen-bond donors (Lipinski definition) is 1. The molecule has 0 atom stereocenters. The van der Waals surface area contributed by atoms with E-state index in [2.05, 4.69) is 5.32 Å². The normalized spacial score (nSPS) is 15.5. The summed E-state index contributed by atoms with van der Waals surface area (Å²) in [5, 5.41) is 13.3. The number of hydrogen-bond acceptors (Lipinski definition) is 7. The van der Waals surface area contributed by atoms with Gasteiger partial charge in [-0.2, -0.15) is 0 Å². The highest BCUT2D eigenvalue weighted by Crippen LogP contribution is 2.31. The lowest BCUT2D eigenvalue weighted by molar-refractivity contribution is -0.384. The van der Waals surface area contributed by atoms with Crippen LogP contribution in [0.5, 0.6) is 0 Å². The van der Waals surface area contributed by atoms with Gasteiger partial charge in [0.1, 0.15) is 22.9 Å². The van der Waals surface area contributed by atoms with Gasteiger partial charge < -0.3 is 8.83 Å². The van der Waals surface area contributed by atoms with E-state index >= 15 is 0 Å². The molecule has 0 spiro atoms. The lowest BCUT2D eigenvalue weighted by Crippen LogP contribution is -2.53. The number of nitrogens with zero attached hydrogens (tertiary/aromatic N) is 2. The lowest BCUT2D eigenvalue weighted by atomic mass is 10.1. The first-order valence-electron chi connectivity index (χ1n) is 8.69. The predicted octanol–water partition coefficient (Wildman–Crippen LogP) is 3.11. The highest BCUT2D eigenvalue weighted by molar-refractivity contribution is 6.30. The van der Waals surface area contributed by atoms with Gasteiger partial charge in [0.05, 0.1) is 23.3 Å². The van der Waals surface area contributed by atoms with E-state index in [0.717, 1.165) is 4.90 Å². The number of benzene rings is 1. The number of carbonyl (C=O) groups excluding carboxylic acids is 3. The molecule has 0 aliphatic carbocycles. The SMILES string of the molecule is O=C1NC(=O)N(Cc2ccco2)C(=O)C1=Cc1ccc(-c2ccccc2[N+](=O)[O-])o1. The summed E-state index contributed by atoms with van der Waals surface area (Å²) in [6.45, 7) is -0.151. The van der Waals surface area contributed by atoms with Crippen molar-refractivity contribution in [1.82, 2.24) is 10.2 Å². The molecule has 10 heteroatoms. The number of amides is 4. The largest absolute Gasteiger partial charge is 0.467 e. The summed E-state index contributed by atoms with van der Waals surface area (Å²) in [5.74, 6) is -1.01. The van der Waals surface area contributed by atoms with E-state index in [4.69, 9.17) is 8.83 Å². The fourth-order valence-corrected chi connectivity index (χ4v) is 2.95. The number of imide groups is 2. The van der Waals surface area contributed by atoms with Gasteiger partial charge in [-0.3, -0.25) is 29.9 Å². The standard InChI is InChI=1S/C20H13N3O7/c24-18-15(19(25)22(20(26)21-18)11-13-4-3-9-29-13)10-12-7-8-17(30-12)14-5-1-2-6-16(14)23(27)28/h1-10H,11H2,(H,21,24,26). The maximum absolute atomic E-state index is 12.7. The topological polar surface area (TPSA) is 136 Å². The number of barbiturate groups is 1. The van der Waals surface area contributed by atoms with Crippen LogP contribution in [0, 0.1) is 10.1 Å². The first-order valence-corrected chi connectivity index (χ1v) is 8.69. The van der Waals surface area contributed by atoms with Crippen LogP contribution in [-0.4, -0.2) is 27.7 Å². The van der Waals surface area contributed by atoms with Gasteiger partial charge in [-0.05, 0) is 36.4 Å². The van der Waals surface area contributed by atoms with E-state index in [1.807, 2.05) is 0 Å². The van der Waals surface area contributed by atoms with Crippen molar-refractivity contribution in [2.24, 2.45) is 0 Å². The predicted molar refractivity (Wildman–Crippen MR) is 102 cm³/mol. The Hall–Kier alpha value is -4.47. The first kappa shape index (κ1) is 18.9. The van der Waals surface area contributed by atoms with E-state index in [1.165, 1.54) is 42.7 Å². The fourth-order valence-electron chi connectivity index (χ4n) is 2.95. The van der Waals surface area contributed by atoms with Crippen molar-refractivity contribution in [3.8, 4) is 11.3 Å². The third kappa shape index (κ3) is 3.49. The van der Waals surface area contributed by atoms with E-state index < -0.39 is 22.8 Å². The number of furan rings is 2. The maximum atomic E-state index is 12.7. The summed E-state index contributed by atoms with van der Waals surface area (Å²) in [6.07, 6.45) is 2.58. The molecule has 4 amide bonds. The monoisotopic (exact) mass is 407 g/mol. The zero-order chi connectivity index (χ0) is 21.3. The number of nitrogens with one attached hydrogen (secondary N) is 1. The Morgan fingerprint density at radius 1 is 1.07 bits per heavy atom. The minimum absolute atomic E-state index is 0.119. The number of nitro groups is 1. The Kier molecular flexibility index (Phi) is 4.72. The summed E-state index contributed by atoms with van der Waals surface area (Å²) >= 11 is 0. The average molecular weight is 407 g/mol. The molecule has 1 fully saturated rings. The minimum atomic E-state index is -0.871. The molecule has 2 aromatic heterocycles. The Balaban J connectivity index is 1.64. The number of carbonyl (C=O) groups is 3. The van der Waals surface area contributed by atoms with Crippen LogP contribution in [0.15, 0.2) is 69.2 Å². The smallest absolute Gasteiger partial charge is 0.331 e. The molecule has 30 heavy (non-hydrogen) atoms. The molecule has 0 unspecified atom stereocenters. The zero-order valence-electron chi connectivity index (χ0n) is 15.2. The molecule has 10 nitrogen and oxygen atoms in total. The number of nitro benzene ring substituents is 1. The van der Waals surface area contributed by atoms with Crippen LogP contribution >= 0.6 is 0 Å². The Morgan fingerprint density at radius 3 is 2.60 bits per heavy atom. The summed E-state index contributed by atoms with van der Waals surface area (Å²) in [6, 6.07) is 11.3. The van der Waals surface area contributed by atoms with Crippen LogP contribution in [0.3, 0.4) is 0 Å². The second kappa shape index (κ2) is 7.51. The molecule has 1 aliphatic heterocycles. The molecule has 1 aromatic carbocycles. The van der Waals surface area contributed by atoms with Crippen LogP contribution in [0.2, 0.25) is 0 Å². The van der Waals surface area contributed by atoms with Gasteiger partial charge in [0.15, 0.2) is 0 Å². The summed E-state index contributed by atoms with van der Waals surface area (Å²) in [4.78, 5) is 48.4. The quantitative estimate of drug-likeness (QED) is 0.297. The van der Waals surface area contributed by atoms with Crippen molar-refractivity contribution in [2.75, 3.05) is 0 Å². The summed E-state index contributed by atoms with van der Waals surface area (Å²) in [5.41, 5.74) is -0.210. The van der Waals surface area contributed by atoms with Crippen LogP contribution in [-0.2, 0) is 16.1 Å². The molecule has 0 bridgehead atoms. The molecule has 3 aromatic rings. The number of para-hydroxylation sites is 1. The van der Waals surface area contributed by atoms with Crippen molar-refractivity contribution in [3.63, 3.8) is 0 Å². The third-order valence-corrected chi connectivity index (χ3v) is 4.36. The van der Waals surface area contributed by atoms with Crippen LogP contribution in [0.1, 0.15) is 11.5 Å². The van der Waals surface area contributed by atoms with Crippen LogP contribution < -0.4 is 5.32 Å². The van der Waals surface area contributed by atoms with Crippen molar-refractivity contribution >= 4 is 29.6 Å². The first-order chi connectivity index (χ1) is 14.4. The summed E-state index contributed by atoms with van der Waals surface area (Å²) < 4.78 is 10.7. The molecule has 0 radical (unpaired) electrons. The molecule has 150 valence electrons. The Labute approximate surface area is 168 Å². The molecular weight excluding hydrogens is 394 g/mol. The van der Waals surface area contributed by atoms with Crippen molar-refractivity contribution in [1.29, 1.82) is 0 Å². The lowest BCUT2D eigenvalue weighted by Gasteiger charge is -2.25. The van der Waals surface area contributed by atoms with Crippen molar-refractivity contribution < 1.29 is 28.1 Å². The van der Waals surface area contributed by atoms with E-state index in [9.17, 15) is 24.5 Å². The van der Waals surface area contributed by atoms with Crippen molar-refractivity contribution in [3.05, 3.63) is 82.0 Å².